The molecule has 124 valence electrons. The van der Waals surface area contributed by atoms with Crippen LogP contribution in [0.1, 0.15) is 33.9 Å². The number of anilines is 3. The topological polar surface area (TPSA) is 149 Å². The molecule has 2 aromatic rings. The van der Waals surface area contributed by atoms with Gasteiger partial charge in [-0.15, -0.1) is 0 Å². The number of pyridine rings is 1. The molecule has 0 bridgehead atoms. The van der Waals surface area contributed by atoms with E-state index in [2.05, 4.69) is 20.6 Å². The number of aromatic nitrogens is 1. The van der Waals surface area contributed by atoms with Crippen LogP contribution in [0.15, 0.2) is 23.2 Å². The zero-order valence-electron chi connectivity index (χ0n) is 13.8. The van der Waals surface area contributed by atoms with Crippen molar-refractivity contribution in [1.29, 1.82) is 10.5 Å². The number of aryl methyl sites for hydroxylation is 2. The van der Waals surface area contributed by atoms with E-state index in [1.807, 2.05) is 44.3 Å². The number of aliphatic imine (C=N–C) groups is 1. The fraction of sp³-hybridized carbons (Fsp3) is 0.176. The number of nitrogens with two attached hydrogens (primary N) is 2. The predicted molar refractivity (Wildman–Crippen MR) is 95.3 cm³/mol. The highest BCUT2D eigenvalue weighted by atomic mass is 15.2. The van der Waals surface area contributed by atoms with Crippen LogP contribution in [0.3, 0.4) is 0 Å². The van der Waals surface area contributed by atoms with Crippen LogP contribution in [0.5, 0.6) is 0 Å². The predicted octanol–water partition coefficient (Wildman–Crippen LogP) is 1.68. The standard InChI is InChI=1S/C17H16N8/c1-8-3-4-9(2)10(5-8)14-12-13(20)11(6-18)15(21)24-16(12)25-17(23-14)22-7-19/h3-5,14H,1-2H3,(H6,20,21,22,23,24,25). The molecule has 8 heteroatoms. The lowest BCUT2D eigenvalue weighted by Crippen LogP contribution is -2.33. The maximum absolute atomic E-state index is 9.33. The summed E-state index contributed by atoms with van der Waals surface area (Å²) in [6, 6.07) is 7.48. The van der Waals surface area contributed by atoms with E-state index < -0.39 is 6.04 Å². The number of rotatable bonds is 1. The number of nitrogens with zero attached hydrogens (tertiary/aromatic N) is 4. The molecule has 0 fully saturated rings. The number of fused-ring (bicyclic) bond motifs is 1. The fourth-order valence-corrected chi connectivity index (χ4v) is 2.86. The first-order chi connectivity index (χ1) is 12.0. The number of nitriles is 2. The molecule has 0 radical (unpaired) electrons. The molecule has 1 aromatic carbocycles. The van der Waals surface area contributed by atoms with Gasteiger partial charge in [0.1, 0.15) is 29.3 Å². The second-order valence-corrected chi connectivity index (χ2v) is 5.76. The third-order valence-corrected chi connectivity index (χ3v) is 4.09. The largest absolute Gasteiger partial charge is 0.397 e. The molecular formula is C17H16N8. The van der Waals surface area contributed by atoms with E-state index in [0.717, 1.165) is 16.7 Å². The molecule has 1 unspecified atom stereocenters. The van der Waals surface area contributed by atoms with Crippen LogP contribution in [-0.4, -0.2) is 10.9 Å². The Labute approximate surface area is 144 Å². The summed E-state index contributed by atoms with van der Waals surface area (Å²) in [6.07, 6.45) is 1.83. The lowest BCUT2D eigenvalue weighted by atomic mass is 9.91. The minimum Gasteiger partial charge on any atom is -0.397 e. The minimum absolute atomic E-state index is 0.0316. The van der Waals surface area contributed by atoms with E-state index in [1.165, 1.54) is 0 Å². The lowest BCUT2D eigenvalue weighted by molar-refractivity contribution is 0.837. The van der Waals surface area contributed by atoms with Gasteiger partial charge in [-0.3, -0.25) is 5.32 Å². The van der Waals surface area contributed by atoms with Crippen LogP contribution in [0.25, 0.3) is 0 Å². The SMILES string of the molecule is Cc1ccc(C)c(C2N=C(NC#N)Nc3nc(N)c(C#N)c(N)c32)c1. The highest BCUT2D eigenvalue weighted by Crippen LogP contribution is 2.41. The molecule has 3 rings (SSSR count). The van der Waals surface area contributed by atoms with Crippen LogP contribution in [0.2, 0.25) is 0 Å². The molecule has 0 spiro atoms. The summed E-state index contributed by atoms with van der Waals surface area (Å²) in [5, 5.41) is 23.6. The monoisotopic (exact) mass is 332 g/mol. The van der Waals surface area contributed by atoms with E-state index in [-0.39, 0.29) is 23.0 Å². The molecule has 0 aliphatic carbocycles. The van der Waals surface area contributed by atoms with E-state index >= 15 is 0 Å². The molecule has 25 heavy (non-hydrogen) atoms. The normalized spacial score (nSPS) is 15.2. The Morgan fingerprint density at radius 1 is 1.24 bits per heavy atom. The van der Waals surface area contributed by atoms with Crippen molar-refractivity contribution in [1.82, 2.24) is 10.3 Å². The Hall–Kier alpha value is -3.78. The Balaban J connectivity index is 2.30. The third-order valence-electron chi connectivity index (χ3n) is 4.09. The van der Waals surface area contributed by atoms with Crippen LogP contribution in [0.4, 0.5) is 17.3 Å². The average Bonchev–Trinajstić information content (AvgIpc) is 2.57. The molecule has 1 atom stereocenters. The third kappa shape index (κ3) is 2.66. The fourth-order valence-electron chi connectivity index (χ4n) is 2.86. The first-order valence-electron chi connectivity index (χ1n) is 7.52. The van der Waals surface area contributed by atoms with Crippen molar-refractivity contribution in [3.05, 3.63) is 46.0 Å². The first-order valence-corrected chi connectivity index (χ1v) is 7.52. The molecular weight excluding hydrogens is 316 g/mol. The maximum Gasteiger partial charge on any atom is 0.211 e. The van der Waals surface area contributed by atoms with Gasteiger partial charge in [0.2, 0.25) is 5.96 Å². The second kappa shape index (κ2) is 6.02. The minimum atomic E-state index is -0.507. The van der Waals surface area contributed by atoms with E-state index in [9.17, 15) is 5.26 Å². The number of guanidine groups is 1. The van der Waals surface area contributed by atoms with Crippen molar-refractivity contribution in [2.45, 2.75) is 19.9 Å². The van der Waals surface area contributed by atoms with Gasteiger partial charge in [0.15, 0.2) is 6.19 Å². The van der Waals surface area contributed by atoms with E-state index in [1.54, 1.807) is 0 Å². The summed E-state index contributed by atoms with van der Waals surface area (Å²) in [4.78, 5) is 8.79. The summed E-state index contributed by atoms with van der Waals surface area (Å²) in [5.41, 5.74) is 16.0. The second-order valence-electron chi connectivity index (χ2n) is 5.76. The molecule has 1 aromatic heterocycles. The van der Waals surface area contributed by atoms with Crippen LogP contribution in [-0.2, 0) is 0 Å². The first kappa shape index (κ1) is 16.1. The maximum atomic E-state index is 9.33. The number of benzene rings is 1. The number of nitrogen functional groups attached to an aromatic ring is 2. The Morgan fingerprint density at radius 3 is 2.68 bits per heavy atom. The Morgan fingerprint density at radius 2 is 2.00 bits per heavy atom. The van der Waals surface area contributed by atoms with Gasteiger partial charge in [-0.25, -0.2) is 9.98 Å². The Bertz CT molecular complexity index is 978. The van der Waals surface area contributed by atoms with Crippen molar-refractivity contribution in [3.63, 3.8) is 0 Å². The molecule has 0 saturated carbocycles. The molecule has 8 nitrogen and oxygen atoms in total. The zero-order valence-corrected chi connectivity index (χ0v) is 13.8. The van der Waals surface area contributed by atoms with E-state index in [4.69, 9.17) is 16.7 Å². The van der Waals surface area contributed by atoms with Gasteiger partial charge in [-0.1, -0.05) is 23.8 Å². The van der Waals surface area contributed by atoms with E-state index in [0.29, 0.717) is 11.4 Å². The van der Waals surface area contributed by atoms with Gasteiger partial charge in [-0.05, 0) is 25.0 Å². The number of hydrogen-bond acceptors (Lipinski definition) is 8. The highest BCUT2D eigenvalue weighted by Gasteiger charge is 2.30. The molecule has 0 amide bonds. The van der Waals surface area contributed by atoms with Crippen molar-refractivity contribution < 1.29 is 0 Å². The van der Waals surface area contributed by atoms with Gasteiger partial charge >= 0.3 is 0 Å². The summed E-state index contributed by atoms with van der Waals surface area (Å²) >= 11 is 0. The average molecular weight is 332 g/mol. The van der Waals surface area contributed by atoms with Gasteiger partial charge in [0.25, 0.3) is 0 Å². The van der Waals surface area contributed by atoms with Crippen molar-refractivity contribution >= 4 is 23.3 Å². The molecule has 2 heterocycles. The van der Waals surface area contributed by atoms with Crippen LogP contribution < -0.4 is 22.1 Å². The van der Waals surface area contributed by atoms with Gasteiger partial charge in [0, 0.05) is 5.56 Å². The highest BCUT2D eigenvalue weighted by molar-refractivity contribution is 5.98. The molecule has 6 N–H and O–H groups in total. The number of nitrogens with one attached hydrogen (secondary N) is 2. The van der Waals surface area contributed by atoms with Gasteiger partial charge in [0.05, 0.1) is 5.69 Å². The quantitative estimate of drug-likeness (QED) is 0.458. The molecule has 0 saturated heterocycles. The van der Waals surface area contributed by atoms with Gasteiger partial charge in [-0.2, -0.15) is 10.5 Å². The van der Waals surface area contributed by atoms with Gasteiger partial charge < -0.3 is 16.8 Å². The van der Waals surface area contributed by atoms with Crippen molar-refractivity contribution in [3.8, 4) is 12.3 Å². The lowest BCUT2D eigenvalue weighted by Gasteiger charge is -2.27. The Kier molecular flexibility index (Phi) is 3.88. The summed E-state index contributed by atoms with van der Waals surface area (Å²) in [7, 11) is 0. The molecule has 1 aliphatic heterocycles. The van der Waals surface area contributed by atoms with Crippen LogP contribution in [0, 0.1) is 36.6 Å². The summed E-state index contributed by atoms with van der Waals surface area (Å²) in [6.45, 7) is 3.95. The smallest absolute Gasteiger partial charge is 0.211 e. The summed E-state index contributed by atoms with van der Waals surface area (Å²) in [5.74, 6) is 0.661. The number of hydrogen-bond donors (Lipinski definition) is 4. The summed E-state index contributed by atoms with van der Waals surface area (Å²) < 4.78 is 0. The van der Waals surface area contributed by atoms with Crippen molar-refractivity contribution in [2.75, 3.05) is 16.8 Å². The molecule has 1 aliphatic rings. The van der Waals surface area contributed by atoms with Crippen molar-refractivity contribution in [2.24, 2.45) is 4.99 Å². The van der Waals surface area contributed by atoms with Crippen LogP contribution >= 0.6 is 0 Å². The zero-order chi connectivity index (χ0) is 18.1.